The van der Waals surface area contributed by atoms with E-state index in [0.717, 1.165) is 19.7 Å². The molecule has 3 nitrogen and oxygen atoms in total. The first kappa shape index (κ1) is 14.4. The Balaban J connectivity index is 1.85. The lowest BCUT2D eigenvalue weighted by atomic mass is 9.93. The van der Waals surface area contributed by atoms with Crippen molar-refractivity contribution >= 4 is 5.69 Å². The zero-order valence-electron chi connectivity index (χ0n) is 12.4. The maximum absolute atomic E-state index is 5.02. The van der Waals surface area contributed by atoms with Gasteiger partial charge in [-0.1, -0.05) is 26.0 Å². The summed E-state index contributed by atoms with van der Waals surface area (Å²) in [4.78, 5) is 2.49. The van der Waals surface area contributed by atoms with Crippen molar-refractivity contribution in [2.75, 3.05) is 38.3 Å². The fourth-order valence-corrected chi connectivity index (χ4v) is 2.56. The standard InChI is InChI=1S/C16H26N2O/c1-16(2)8-10-18(13-16)15-6-4-14(5-7-15)12-17-9-11-19-3/h4-7,17H,8-13H2,1-3H3. The van der Waals surface area contributed by atoms with Crippen LogP contribution in [-0.4, -0.2) is 33.4 Å². The Morgan fingerprint density at radius 1 is 1.26 bits per heavy atom. The van der Waals surface area contributed by atoms with Gasteiger partial charge in [-0.2, -0.15) is 0 Å². The summed E-state index contributed by atoms with van der Waals surface area (Å²) in [6.07, 6.45) is 1.29. The summed E-state index contributed by atoms with van der Waals surface area (Å²) in [6, 6.07) is 8.93. The second-order valence-corrected chi connectivity index (χ2v) is 6.17. The lowest BCUT2D eigenvalue weighted by Gasteiger charge is -2.21. The van der Waals surface area contributed by atoms with Crippen LogP contribution in [0, 0.1) is 5.41 Å². The van der Waals surface area contributed by atoms with Gasteiger partial charge in [0.15, 0.2) is 0 Å². The van der Waals surface area contributed by atoms with E-state index in [9.17, 15) is 0 Å². The minimum atomic E-state index is 0.459. The molecule has 1 saturated heterocycles. The number of methoxy groups -OCH3 is 1. The molecule has 0 aliphatic carbocycles. The zero-order valence-corrected chi connectivity index (χ0v) is 12.4. The average molecular weight is 262 g/mol. The molecule has 1 heterocycles. The van der Waals surface area contributed by atoms with E-state index in [-0.39, 0.29) is 0 Å². The molecule has 0 bridgehead atoms. The van der Waals surface area contributed by atoms with Crippen molar-refractivity contribution in [1.29, 1.82) is 0 Å². The predicted octanol–water partition coefficient (Wildman–Crippen LogP) is 2.66. The average Bonchev–Trinajstić information content (AvgIpc) is 2.76. The van der Waals surface area contributed by atoms with Gasteiger partial charge in [-0.05, 0) is 29.5 Å². The molecule has 0 unspecified atom stereocenters. The number of hydrogen-bond donors (Lipinski definition) is 1. The van der Waals surface area contributed by atoms with Crippen LogP contribution in [0.1, 0.15) is 25.8 Å². The molecule has 0 atom stereocenters. The van der Waals surface area contributed by atoms with Gasteiger partial charge >= 0.3 is 0 Å². The van der Waals surface area contributed by atoms with E-state index in [1.54, 1.807) is 7.11 Å². The van der Waals surface area contributed by atoms with Crippen molar-refractivity contribution in [3.63, 3.8) is 0 Å². The molecule has 1 N–H and O–H groups in total. The second kappa shape index (κ2) is 6.40. The highest BCUT2D eigenvalue weighted by Gasteiger charge is 2.28. The highest BCUT2D eigenvalue weighted by Crippen LogP contribution is 2.32. The van der Waals surface area contributed by atoms with Gasteiger partial charge in [0.05, 0.1) is 6.61 Å². The molecule has 1 aliphatic heterocycles. The minimum absolute atomic E-state index is 0.459. The Bertz CT molecular complexity index is 386. The molecule has 19 heavy (non-hydrogen) atoms. The topological polar surface area (TPSA) is 24.5 Å². The Kier molecular flexibility index (Phi) is 4.83. The largest absolute Gasteiger partial charge is 0.383 e. The molecule has 1 aliphatic rings. The van der Waals surface area contributed by atoms with Gasteiger partial charge in [-0.3, -0.25) is 0 Å². The Morgan fingerprint density at radius 2 is 2.00 bits per heavy atom. The van der Waals surface area contributed by atoms with Gasteiger partial charge in [0.2, 0.25) is 0 Å². The monoisotopic (exact) mass is 262 g/mol. The lowest BCUT2D eigenvalue weighted by Crippen LogP contribution is -2.22. The molecule has 0 spiro atoms. The maximum Gasteiger partial charge on any atom is 0.0587 e. The molecule has 1 fully saturated rings. The predicted molar refractivity (Wildman–Crippen MR) is 80.6 cm³/mol. The van der Waals surface area contributed by atoms with Crippen LogP contribution in [0.4, 0.5) is 5.69 Å². The van der Waals surface area contributed by atoms with E-state index in [1.807, 2.05) is 0 Å². The van der Waals surface area contributed by atoms with Gasteiger partial charge in [0.1, 0.15) is 0 Å². The first-order chi connectivity index (χ1) is 9.11. The van der Waals surface area contributed by atoms with Crippen LogP contribution < -0.4 is 10.2 Å². The van der Waals surface area contributed by atoms with E-state index in [2.05, 4.69) is 48.3 Å². The number of nitrogens with one attached hydrogen (secondary N) is 1. The van der Waals surface area contributed by atoms with Crippen molar-refractivity contribution < 1.29 is 4.74 Å². The van der Waals surface area contributed by atoms with Gasteiger partial charge in [0, 0.05) is 39.0 Å². The fraction of sp³-hybridized carbons (Fsp3) is 0.625. The highest BCUT2D eigenvalue weighted by molar-refractivity contribution is 5.48. The van der Waals surface area contributed by atoms with Crippen LogP contribution >= 0.6 is 0 Å². The van der Waals surface area contributed by atoms with Crippen LogP contribution in [0.3, 0.4) is 0 Å². The van der Waals surface area contributed by atoms with Crippen LogP contribution in [0.15, 0.2) is 24.3 Å². The number of rotatable bonds is 6. The summed E-state index contributed by atoms with van der Waals surface area (Å²) < 4.78 is 5.02. The van der Waals surface area contributed by atoms with Gasteiger partial charge in [-0.25, -0.2) is 0 Å². The van der Waals surface area contributed by atoms with Crippen LogP contribution in [0.5, 0.6) is 0 Å². The van der Waals surface area contributed by atoms with E-state index < -0.39 is 0 Å². The molecule has 1 aromatic carbocycles. The van der Waals surface area contributed by atoms with Crippen LogP contribution in [-0.2, 0) is 11.3 Å². The number of hydrogen-bond acceptors (Lipinski definition) is 3. The first-order valence-corrected chi connectivity index (χ1v) is 7.14. The Hall–Kier alpha value is -1.06. The second-order valence-electron chi connectivity index (χ2n) is 6.17. The number of ether oxygens (including phenoxy) is 1. The molecule has 2 rings (SSSR count). The highest BCUT2D eigenvalue weighted by atomic mass is 16.5. The number of nitrogens with zero attached hydrogens (tertiary/aromatic N) is 1. The van der Waals surface area contributed by atoms with Crippen molar-refractivity contribution in [2.24, 2.45) is 5.41 Å². The molecule has 0 amide bonds. The van der Waals surface area contributed by atoms with Gasteiger partial charge < -0.3 is 15.0 Å². The molecule has 1 aromatic rings. The minimum Gasteiger partial charge on any atom is -0.383 e. The van der Waals surface area contributed by atoms with Crippen molar-refractivity contribution in [3.05, 3.63) is 29.8 Å². The first-order valence-electron chi connectivity index (χ1n) is 7.14. The third-order valence-corrected chi connectivity index (χ3v) is 3.79. The zero-order chi connectivity index (χ0) is 13.7. The lowest BCUT2D eigenvalue weighted by molar-refractivity contribution is 0.199. The third kappa shape index (κ3) is 4.22. The molecule has 3 heteroatoms. The van der Waals surface area contributed by atoms with Crippen molar-refractivity contribution in [2.45, 2.75) is 26.8 Å². The SMILES string of the molecule is COCCNCc1ccc(N2CCC(C)(C)C2)cc1. The molecule has 0 aromatic heterocycles. The van der Waals surface area contributed by atoms with E-state index >= 15 is 0 Å². The summed E-state index contributed by atoms with van der Waals surface area (Å²) in [5, 5.41) is 3.37. The molecular formula is C16H26N2O. The quantitative estimate of drug-likeness (QED) is 0.798. The van der Waals surface area contributed by atoms with Gasteiger partial charge in [0.25, 0.3) is 0 Å². The maximum atomic E-state index is 5.02. The van der Waals surface area contributed by atoms with E-state index in [4.69, 9.17) is 4.74 Å². The van der Waals surface area contributed by atoms with Crippen molar-refractivity contribution in [3.8, 4) is 0 Å². The normalized spacial score (nSPS) is 17.9. The Labute approximate surface area is 116 Å². The van der Waals surface area contributed by atoms with Crippen molar-refractivity contribution in [1.82, 2.24) is 5.32 Å². The molecular weight excluding hydrogens is 236 g/mol. The third-order valence-electron chi connectivity index (χ3n) is 3.79. The summed E-state index contributed by atoms with van der Waals surface area (Å²) in [5.41, 5.74) is 3.14. The number of benzene rings is 1. The van der Waals surface area contributed by atoms with Crippen LogP contribution in [0.25, 0.3) is 0 Å². The summed E-state index contributed by atoms with van der Waals surface area (Å²) >= 11 is 0. The fourth-order valence-electron chi connectivity index (χ4n) is 2.56. The molecule has 0 radical (unpaired) electrons. The van der Waals surface area contributed by atoms with Gasteiger partial charge in [-0.15, -0.1) is 0 Å². The Morgan fingerprint density at radius 3 is 2.58 bits per heavy atom. The summed E-state index contributed by atoms with van der Waals surface area (Å²) in [5.74, 6) is 0. The van der Waals surface area contributed by atoms with E-state index in [1.165, 1.54) is 30.8 Å². The smallest absolute Gasteiger partial charge is 0.0587 e. The van der Waals surface area contributed by atoms with E-state index in [0.29, 0.717) is 5.41 Å². The van der Waals surface area contributed by atoms with Crippen LogP contribution in [0.2, 0.25) is 0 Å². The molecule has 106 valence electrons. The number of anilines is 1. The summed E-state index contributed by atoms with van der Waals surface area (Å²) in [7, 11) is 1.73. The molecule has 0 saturated carbocycles. The summed E-state index contributed by atoms with van der Waals surface area (Å²) in [6.45, 7) is 9.62.